The van der Waals surface area contributed by atoms with Gasteiger partial charge in [0.15, 0.2) is 0 Å². The summed E-state index contributed by atoms with van der Waals surface area (Å²) in [5, 5.41) is 0. The van der Waals surface area contributed by atoms with Gasteiger partial charge in [0.25, 0.3) is 0 Å². The zero-order valence-corrected chi connectivity index (χ0v) is 7.03. The van der Waals surface area contributed by atoms with Crippen molar-refractivity contribution in [2.45, 2.75) is 0 Å². The Balaban J connectivity index is 2.79. The van der Waals surface area contributed by atoms with Crippen LogP contribution in [-0.4, -0.2) is 13.1 Å². The van der Waals surface area contributed by atoms with Gasteiger partial charge in [0.05, 0.1) is 0 Å². The normalized spacial score (nSPS) is 9.50. The zero-order chi connectivity index (χ0) is 8.81. The summed E-state index contributed by atoms with van der Waals surface area (Å²) in [6.07, 6.45) is 2.03. The van der Waals surface area contributed by atoms with Crippen LogP contribution in [0.1, 0.15) is 5.56 Å². The molecule has 0 radical (unpaired) electrons. The van der Waals surface area contributed by atoms with Gasteiger partial charge in [-0.3, -0.25) is 0 Å². The Hall–Kier alpha value is -1.12. The largest absolute Gasteiger partial charge is 0.327 e. The third-order valence-corrected chi connectivity index (χ3v) is 1.69. The van der Waals surface area contributed by atoms with Gasteiger partial charge >= 0.3 is 0 Å². The molecule has 0 fully saturated rings. The molecule has 12 heavy (non-hydrogen) atoms. The first kappa shape index (κ1) is 8.97. The highest BCUT2D eigenvalue weighted by Crippen LogP contribution is 2.04. The van der Waals surface area contributed by atoms with Gasteiger partial charge in [0, 0.05) is 13.1 Å². The van der Waals surface area contributed by atoms with Crippen LogP contribution in [0.3, 0.4) is 0 Å². The van der Waals surface area contributed by atoms with Crippen molar-refractivity contribution < 1.29 is 0 Å². The second kappa shape index (κ2) is 4.70. The van der Waals surface area contributed by atoms with Crippen LogP contribution in [0.25, 0.3) is 6.08 Å². The summed E-state index contributed by atoms with van der Waals surface area (Å²) in [6, 6.07) is 10.0. The van der Waals surface area contributed by atoms with Crippen LogP contribution in [-0.2, 0) is 0 Å². The Morgan fingerprint density at radius 1 is 1.08 bits per heavy atom. The minimum Gasteiger partial charge on any atom is -0.327 e. The lowest BCUT2D eigenvalue weighted by Crippen LogP contribution is -2.12. The van der Waals surface area contributed by atoms with Crippen LogP contribution >= 0.6 is 0 Å². The maximum Gasteiger partial charge on any atom is 0.0152 e. The molecule has 1 aromatic rings. The molecule has 0 aromatic heterocycles. The van der Waals surface area contributed by atoms with E-state index in [0.29, 0.717) is 13.1 Å². The molecule has 2 nitrogen and oxygen atoms in total. The van der Waals surface area contributed by atoms with Gasteiger partial charge in [-0.2, -0.15) is 0 Å². The predicted octanol–water partition coefficient (Wildman–Crippen LogP) is 0.987. The van der Waals surface area contributed by atoms with E-state index in [1.165, 1.54) is 0 Å². The second-order valence-corrected chi connectivity index (χ2v) is 2.62. The van der Waals surface area contributed by atoms with Crippen molar-refractivity contribution in [2.75, 3.05) is 13.1 Å². The maximum atomic E-state index is 5.48. The number of benzene rings is 1. The van der Waals surface area contributed by atoms with Crippen LogP contribution in [0.4, 0.5) is 0 Å². The Morgan fingerprint density at radius 2 is 1.67 bits per heavy atom. The molecule has 0 amide bonds. The van der Waals surface area contributed by atoms with Gasteiger partial charge in [-0.05, 0) is 11.1 Å². The van der Waals surface area contributed by atoms with Gasteiger partial charge in [-0.15, -0.1) is 0 Å². The van der Waals surface area contributed by atoms with E-state index < -0.39 is 0 Å². The van der Waals surface area contributed by atoms with E-state index in [4.69, 9.17) is 11.5 Å². The van der Waals surface area contributed by atoms with E-state index in [9.17, 15) is 0 Å². The molecule has 0 saturated carbocycles. The van der Waals surface area contributed by atoms with E-state index in [-0.39, 0.29) is 0 Å². The SMILES string of the molecule is NCC(=Cc1ccccc1)CN. The average Bonchev–Trinajstić information content (AvgIpc) is 2.16. The zero-order valence-electron chi connectivity index (χ0n) is 7.03. The number of rotatable bonds is 3. The molecule has 0 bridgehead atoms. The van der Waals surface area contributed by atoms with E-state index in [1.807, 2.05) is 36.4 Å². The molecule has 1 aromatic carbocycles. The molecule has 0 spiro atoms. The highest BCUT2D eigenvalue weighted by atomic mass is 14.6. The van der Waals surface area contributed by atoms with Crippen LogP contribution < -0.4 is 11.5 Å². The number of hydrogen-bond acceptors (Lipinski definition) is 2. The first-order valence-corrected chi connectivity index (χ1v) is 4.01. The van der Waals surface area contributed by atoms with Gasteiger partial charge in [0.2, 0.25) is 0 Å². The van der Waals surface area contributed by atoms with E-state index in [1.54, 1.807) is 0 Å². The fourth-order valence-corrected chi connectivity index (χ4v) is 0.986. The molecule has 0 aliphatic rings. The molecular weight excluding hydrogens is 148 g/mol. The highest BCUT2D eigenvalue weighted by Gasteiger charge is 1.90. The summed E-state index contributed by atoms with van der Waals surface area (Å²) in [4.78, 5) is 0. The minimum atomic E-state index is 0.533. The van der Waals surface area contributed by atoms with Crippen molar-refractivity contribution in [3.63, 3.8) is 0 Å². The van der Waals surface area contributed by atoms with Crippen LogP contribution in [0, 0.1) is 0 Å². The van der Waals surface area contributed by atoms with E-state index in [2.05, 4.69) is 0 Å². The van der Waals surface area contributed by atoms with Gasteiger partial charge < -0.3 is 11.5 Å². The molecule has 0 unspecified atom stereocenters. The third-order valence-electron chi connectivity index (χ3n) is 1.69. The summed E-state index contributed by atoms with van der Waals surface area (Å²) in [5.74, 6) is 0. The third kappa shape index (κ3) is 2.49. The predicted molar refractivity (Wildman–Crippen MR) is 52.5 cm³/mol. The number of nitrogens with two attached hydrogens (primary N) is 2. The molecule has 0 atom stereocenters. The van der Waals surface area contributed by atoms with Gasteiger partial charge in [-0.1, -0.05) is 36.4 Å². The van der Waals surface area contributed by atoms with Crippen LogP contribution in [0.5, 0.6) is 0 Å². The van der Waals surface area contributed by atoms with Crippen molar-refractivity contribution in [1.82, 2.24) is 0 Å². The monoisotopic (exact) mass is 162 g/mol. The maximum absolute atomic E-state index is 5.48. The molecule has 0 saturated heterocycles. The first-order chi connectivity index (χ1) is 5.86. The average molecular weight is 162 g/mol. The second-order valence-electron chi connectivity index (χ2n) is 2.62. The molecular formula is C10H14N2. The van der Waals surface area contributed by atoms with Crippen molar-refractivity contribution in [1.29, 1.82) is 0 Å². The lowest BCUT2D eigenvalue weighted by molar-refractivity contribution is 1.05. The van der Waals surface area contributed by atoms with Gasteiger partial charge in [0.1, 0.15) is 0 Å². The Bertz CT molecular complexity index is 246. The first-order valence-electron chi connectivity index (χ1n) is 4.01. The summed E-state index contributed by atoms with van der Waals surface area (Å²) >= 11 is 0. The topological polar surface area (TPSA) is 52.0 Å². The fraction of sp³-hybridized carbons (Fsp3) is 0.200. The van der Waals surface area contributed by atoms with Crippen molar-refractivity contribution in [2.24, 2.45) is 11.5 Å². The molecule has 4 N–H and O–H groups in total. The molecule has 0 heterocycles. The van der Waals surface area contributed by atoms with Crippen LogP contribution in [0.2, 0.25) is 0 Å². The summed E-state index contributed by atoms with van der Waals surface area (Å²) in [5.41, 5.74) is 13.2. The molecule has 0 aliphatic heterocycles. The molecule has 1 rings (SSSR count). The lowest BCUT2D eigenvalue weighted by atomic mass is 10.1. The van der Waals surface area contributed by atoms with E-state index in [0.717, 1.165) is 11.1 Å². The summed E-state index contributed by atoms with van der Waals surface area (Å²) in [7, 11) is 0. The number of hydrogen-bond donors (Lipinski definition) is 2. The quantitative estimate of drug-likeness (QED) is 0.696. The van der Waals surface area contributed by atoms with Crippen molar-refractivity contribution in [3.8, 4) is 0 Å². The smallest absolute Gasteiger partial charge is 0.0152 e. The van der Waals surface area contributed by atoms with Gasteiger partial charge in [-0.25, -0.2) is 0 Å². The molecule has 64 valence electrons. The lowest BCUT2D eigenvalue weighted by Gasteiger charge is -1.99. The Morgan fingerprint density at radius 3 is 2.17 bits per heavy atom. The van der Waals surface area contributed by atoms with Crippen molar-refractivity contribution >= 4 is 6.08 Å². The Labute approximate surface area is 72.9 Å². The van der Waals surface area contributed by atoms with Crippen LogP contribution in [0.15, 0.2) is 35.9 Å². The minimum absolute atomic E-state index is 0.533. The molecule has 2 heteroatoms. The van der Waals surface area contributed by atoms with E-state index >= 15 is 0 Å². The standard InChI is InChI=1S/C10H14N2/c11-7-10(8-12)6-9-4-2-1-3-5-9/h1-6H,7-8,11-12H2. The Kier molecular flexibility index (Phi) is 3.51. The van der Waals surface area contributed by atoms with Crippen molar-refractivity contribution in [3.05, 3.63) is 41.5 Å². The fourth-order valence-electron chi connectivity index (χ4n) is 0.986. The summed E-state index contributed by atoms with van der Waals surface area (Å²) in [6.45, 7) is 1.07. The summed E-state index contributed by atoms with van der Waals surface area (Å²) < 4.78 is 0. The highest BCUT2D eigenvalue weighted by molar-refractivity contribution is 5.53. The molecule has 0 aliphatic carbocycles.